The van der Waals surface area contributed by atoms with Crippen molar-refractivity contribution in [2.45, 2.75) is 50.7 Å². The van der Waals surface area contributed by atoms with E-state index in [0.29, 0.717) is 10.8 Å². The second kappa shape index (κ2) is 13.5. The predicted molar refractivity (Wildman–Crippen MR) is 153 cm³/mol. The molecule has 0 saturated heterocycles. The van der Waals surface area contributed by atoms with Crippen LogP contribution in [0, 0.1) is 0 Å². The number of hydrogen-bond donors (Lipinski definition) is 1. The Labute approximate surface area is 235 Å². The van der Waals surface area contributed by atoms with Crippen molar-refractivity contribution in [3.63, 3.8) is 0 Å². The Kier molecular flexibility index (Phi) is 10.4. The lowest BCUT2D eigenvalue weighted by Gasteiger charge is -2.32. The van der Waals surface area contributed by atoms with Crippen molar-refractivity contribution in [3.8, 4) is 5.75 Å². The van der Waals surface area contributed by atoms with Crippen molar-refractivity contribution < 1.29 is 22.7 Å². The van der Waals surface area contributed by atoms with Crippen LogP contribution in [0.5, 0.6) is 5.75 Å². The smallest absolute Gasteiger partial charge is 0.264 e. The molecule has 0 bridgehead atoms. The molecule has 0 aliphatic carbocycles. The number of halogens is 1. The van der Waals surface area contributed by atoms with Gasteiger partial charge in [0.25, 0.3) is 10.0 Å². The first kappa shape index (κ1) is 30.0. The molecular formula is C29H34ClN3O5S. The molecule has 39 heavy (non-hydrogen) atoms. The van der Waals surface area contributed by atoms with E-state index in [1.54, 1.807) is 25.1 Å². The van der Waals surface area contributed by atoms with Crippen LogP contribution >= 0.6 is 11.6 Å². The lowest BCUT2D eigenvalue weighted by molar-refractivity contribution is -0.139. The highest BCUT2D eigenvalue weighted by Gasteiger charge is 2.33. The zero-order valence-corrected chi connectivity index (χ0v) is 24.1. The molecule has 208 valence electrons. The van der Waals surface area contributed by atoms with Crippen LogP contribution in [-0.2, 0) is 26.2 Å². The molecule has 0 aromatic heterocycles. The van der Waals surface area contributed by atoms with Gasteiger partial charge in [0.2, 0.25) is 11.8 Å². The molecule has 0 radical (unpaired) electrons. The number of nitrogens with one attached hydrogen (secondary N) is 1. The van der Waals surface area contributed by atoms with Gasteiger partial charge in [-0.05, 0) is 68.3 Å². The van der Waals surface area contributed by atoms with Crippen LogP contribution in [0.25, 0.3) is 0 Å². The van der Waals surface area contributed by atoms with Gasteiger partial charge in [-0.25, -0.2) is 8.42 Å². The molecule has 3 aromatic rings. The van der Waals surface area contributed by atoms with Gasteiger partial charge < -0.3 is 15.0 Å². The normalized spacial score (nSPS) is 12.7. The van der Waals surface area contributed by atoms with E-state index in [-0.39, 0.29) is 29.1 Å². The van der Waals surface area contributed by atoms with E-state index in [2.05, 4.69) is 5.32 Å². The van der Waals surface area contributed by atoms with Crippen LogP contribution in [0.15, 0.2) is 83.8 Å². The van der Waals surface area contributed by atoms with E-state index in [0.717, 1.165) is 16.3 Å². The van der Waals surface area contributed by atoms with E-state index in [4.69, 9.17) is 16.3 Å². The van der Waals surface area contributed by atoms with Gasteiger partial charge in [-0.15, -0.1) is 0 Å². The van der Waals surface area contributed by atoms with Gasteiger partial charge in [0.15, 0.2) is 0 Å². The highest BCUT2D eigenvalue weighted by Crippen LogP contribution is 2.28. The lowest BCUT2D eigenvalue weighted by atomic mass is 10.1. The van der Waals surface area contributed by atoms with Gasteiger partial charge in [-0.2, -0.15) is 0 Å². The monoisotopic (exact) mass is 571 g/mol. The van der Waals surface area contributed by atoms with E-state index in [9.17, 15) is 18.0 Å². The average Bonchev–Trinajstić information content (AvgIpc) is 2.94. The molecule has 1 N–H and O–H groups in total. The number of carbonyl (C=O) groups excluding carboxylic acids is 2. The summed E-state index contributed by atoms with van der Waals surface area (Å²) in [4.78, 5) is 28.3. The summed E-state index contributed by atoms with van der Waals surface area (Å²) in [7, 11) is -2.71. The molecule has 2 amide bonds. The van der Waals surface area contributed by atoms with Crippen LogP contribution in [0.1, 0.15) is 32.8 Å². The van der Waals surface area contributed by atoms with Crippen molar-refractivity contribution in [1.29, 1.82) is 0 Å². The summed E-state index contributed by atoms with van der Waals surface area (Å²) in [6.45, 7) is 5.06. The summed E-state index contributed by atoms with van der Waals surface area (Å²) in [5.74, 6) is -0.363. The standard InChI is InChI=1S/C29H34ClN3O5S/c1-5-21(2)31-29(35)22(3)32(19-23-10-7-6-8-11-23)28(34)20-33(25-13-9-12-24(30)18-25)39(36,37)27-16-14-26(38-4)15-17-27/h6-18,21-22H,5,19-20H2,1-4H3,(H,31,35)/t21-,22-/m0/s1. The molecule has 3 aromatic carbocycles. The maximum Gasteiger partial charge on any atom is 0.264 e. The molecule has 0 fully saturated rings. The molecule has 3 rings (SSSR count). The van der Waals surface area contributed by atoms with Crippen LogP contribution in [0.4, 0.5) is 5.69 Å². The zero-order valence-electron chi connectivity index (χ0n) is 22.5. The van der Waals surface area contributed by atoms with Crippen molar-refractivity contribution in [3.05, 3.63) is 89.4 Å². The number of nitrogens with zero attached hydrogens (tertiary/aromatic N) is 2. The quantitative estimate of drug-likeness (QED) is 0.334. The van der Waals surface area contributed by atoms with Gasteiger partial charge in [-0.1, -0.05) is 54.9 Å². The minimum Gasteiger partial charge on any atom is -0.497 e. The Morgan fingerprint density at radius 1 is 0.974 bits per heavy atom. The number of rotatable bonds is 12. The summed E-state index contributed by atoms with van der Waals surface area (Å²) in [5, 5.41) is 3.23. The largest absolute Gasteiger partial charge is 0.497 e. The second-order valence-electron chi connectivity index (χ2n) is 9.17. The van der Waals surface area contributed by atoms with Crippen molar-refractivity contribution >= 4 is 39.1 Å². The summed E-state index contributed by atoms with van der Waals surface area (Å²) < 4.78 is 33.8. The summed E-state index contributed by atoms with van der Waals surface area (Å²) >= 11 is 6.20. The minimum absolute atomic E-state index is 0.0201. The molecule has 0 aliphatic rings. The van der Waals surface area contributed by atoms with Crippen LogP contribution in [0.3, 0.4) is 0 Å². The first-order valence-electron chi connectivity index (χ1n) is 12.6. The fourth-order valence-corrected chi connectivity index (χ4v) is 5.45. The number of anilines is 1. The van der Waals surface area contributed by atoms with E-state index in [1.165, 1.54) is 42.3 Å². The molecule has 2 atom stereocenters. The molecule has 0 spiro atoms. The highest BCUT2D eigenvalue weighted by molar-refractivity contribution is 7.92. The summed E-state index contributed by atoms with van der Waals surface area (Å²) in [6, 6.07) is 20.5. The van der Waals surface area contributed by atoms with E-state index < -0.39 is 28.5 Å². The van der Waals surface area contributed by atoms with Gasteiger partial charge in [0, 0.05) is 17.6 Å². The van der Waals surface area contributed by atoms with E-state index >= 15 is 0 Å². The van der Waals surface area contributed by atoms with Gasteiger partial charge >= 0.3 is 0 Å². The van der Waals surface area contributed by atoms with Crippen LogP contribution in [0.2, 0.25) is 5.02 Å². The first-order valence-corrected chi connectivity index (χ1v) is 14.4. The summed E-state index contributed by atoms with van der Waals surface area (Å²) in [6.07, 6.45) is 0.730. The highest BCUT2D eigenvalue weighted by atomic mass is 35.5. The van der Waals surface area contributed by atoms with Gasteiger partial charge in [-0.3, -0.25) is 13.9 Å². The lowest BCUT2D eigenvalue weighted by Crippen LogP contribution is -2.52. The van der Waals surface area contributed by atoms with Crippen LogP contribution in [-0.4, -0.2) is 50.9 Å². The minimum atomic E-state index is -4.20. The SMILES string of the molecule is CC[C@H](C)NC(=O)[C@H](C)N(Cc1ccccc1)C(=O)CN(c1cccc(Cl)c1)S(=O)(=O)c1ccc(OC)cc1. The molecule has 0 unspecified atom stereocenters. The number of benzene rings is 3. The Bertz CT molecular complexity index is 1370. The van der Waals surface area contributed by atoms with Crippen molar-refractivity contribution in [2.75, 3.05) is 18.0 Å². The van der Waals surface area contributed by atoms with E-state index in [1.807, 2.05) is 44.2 Å². The summed E-state index contributed by atoms with van der Waals surface area (Å²) in [5.41, 5.74) is 1.03. The maximum absolute atomic E-state index is 13.9. The number of carbonyl (C=O) groups is 2. The zero-order chi connectivity index (χ0) is 28.6. The molecule has 0 heterocycles. The fourth-order valence-electron chi connectivity index (χ4n) is 3.86. The Hall–Kier alpha value is -3.56. The topological polar surface area (TPSA) is 96.0 Å². The molecular weight excluding hydrogens is 538 g/mol. The Morgan fingerprint density at radius 3 is 2.23 bits per heavy atom. The third-order valence-corrected chi connectivity index (χ3v) is 8.41. The molecule has 0 saturated carbocycles. The van der Waals surface area contributed by atoms with Gasteiger partial charge in [0.1, 0.15) is 18.3 Å². The third kappa shape index (κ3) is 7.74. The number of ether oxygens (including phenoxy) is 1. The average molecular weight is 572 g/mol. The number of methoxy groups -OCH3 is 1. The van der Waals surface area contributed by atoms with Crippen molar-refractivity contribution in [2.24, 2.45) is 0 Å². The molecule has 0 aliphatic heterocycles. The Balaban J connectivity index is 2.01. The predicted octanol–water partition coefficient (Wildman–Crippen LogP) is 4.88. The number of sulfonamides is 1. The number of hydrogen-bond acceptors (Lipinski definition) is 5. The third-order valence-electron chi connectivity index (χ3n) is 6.39. The molecule has 8 nitrogen and oxygen atoms in total. The van der Waals surface area contributed by atoms with Gasteiger partial charge in [0.05, 0.1) is 17.7 Å². The fraction of sp³-hybridized carbons (Fsp3) is 0.310. The van der Waals surface area contributed by atoms with Crippen LogP contribution < -0.4 is 14.4 Å². The molecule has 10 heteroatoms. The second-order valence-corrected chi connectivity index (χ2v) is 11.5. The first-order chi connectivity index (χ1) is 18.6. The maximum atomic E-state index is 13.9. The van der Waals surface area contributed by atoms with Crippen molar-refractivity contribution in [1.82, 2.24) is 10.2 Å². The number of amides is 2. The Morgan fingerprint density at radius 2 is 1.64 bits per heavy atom.